The largest absolute Gasteiger partial charge is 0.493 e. The van der Waals surface area contributed by atoms with Crippen LogP contribution in [0.25, 0.3) is 0 Å². The van der Waals surface area contributed by atoms with Crippen molar-refractivity contribution >= 4 is 25.5 Å². The maximum absolute atomic E-state index is 12.6. The molecule has 0 aliphatic carbocycles. The summed E-state index contributed by atoms with van der Waals surface area (Å²) < 4.78 is 54.7. The monoisotopic (exact) mass is 383 g/mol. The van der Waals surface area contributed by atoms with Crippen LogP contribution in [0.1, 0.15) is 6.92 Å². The zero-order valence-electron chi connectivity index (χ0n) is 14.1. The molecular formula is C17H21NO5S2. The Kier molecular flexibility index (Phi) is 6.07. The lowest BCUT2D eigenvalue weighted by molar-refractivity contribution is 0.340. The maximum atomic E-state index is 12.6. The molecule has 0 saturated heterocycles. The van der Waals surface area contributed by atoms with E-state index in [4.69, 9.17) is 4.74 Å². The molecule has 136 valence electrons. The van der Waals surface area contributed by atoms with Gasteiger partial charge >= 0.3 is 0 Å². The number of para-hydroxylation sites is 1. The van der Waals surface area contributed by atoms with E-state index in [0.717, 1.165) is 0 Å². The number of nitrogens with zero attached hydrogens (tertiary/aromatic N) is 1. The molecule has 25 heavy (non-hydrogen) atoms. The number of anilines is 1. The highest BCUT2D eigenvalue weighted by Crippen LogP contribution is 2.23. The SMILES string of the molecule is CCS(=O)(=O)CCOc1ccc(S(=O)(=O)N(C)c2ccccc2)cc1. The molecule has 2 aromatic carbocycles. The average molecular weight is 383 g/mol. The van der Waals surface area contributed by atoms with Crippen LogP contribution in [0.4, 0.5) is 5.69 Å². The normalized spacial score (nSPS) is 11.9. The molecular weight excluding hydrogens is 362 g/mol. The molecule has 0 unspecified atom stereocenters. The highest BCUT2D eigenvalue weighted by molar-refractivity contribution is 7.92. The predicted octanol–water partition coefficient (Wildman–Crippen LogP) is 2.33. The average Bonchev–Trinajstić information content (AvgIpc) is 2.62. The number of ether oxygens (including phenoxy) is 1. The number of hydrogen-bond donors (Lipinski definition) is 0. The van der Waals surface area contributed by atoms with Gasteiger partial charge in [-0.05, 0) is 36.4 Å². The number of rotatable bonds is 8. The molecule has 2 aromatic rings. The van der Waals surface area contributed by atoms with Gasteiger partial charge in [0.05, 0.1) is 16.3 Å². The van der Waals surface area contributed by atoms with Gasteiger partial charge < -0.3 is 4.74 Å². The van der Waals surface area contributed by atoms with E-state index in [9.17, 15) is 16.8 Å². The van der Waals surface area contributed by atoms with Crippen molar-refractivity contribution in [3.05, 3.63) is 54.6 Å². The highest BCUT2D eigenvalue weighted by atomic mass is 32.2. The van der Waals surface area contributed by atoms with Gasteiger partial charge in [-0.15, -0.1) is 0 Å². The quantitative estimate of drug-likeness (QED) is 0.699. The Morgan fingerprint density at radius 3 is 2.08 bits per heavy atom. The Hall–Kier alpha value is -2.06. The molecule has 0 spiro atoms. The fourth-order valence-electron chi connectivity index (χ4n) is 2.07. The minimum Gasteiger partial charge on any atom is -0.493 e. The summed E-state index contributed by atoms with van der Waals surface area (Å²) in [6, 6.07) is 14.7. The van der Waals surface area contributed by atoms with E-state index in [-0.39, 0.29) is 23.0 Å². The second kappa shape index (κ2) is 7.88. The summed E-state index contributed by atoms with van der Waals surface area (Å²) in [5.74, 6) is 0.423. The van der Waals surface area contributed by atoms with Gasteiger partial charge in [-0.25, -0.2) is 16.8 Å². The summed E-state index contributed by atoms with van der Waals surface area (Å²) in [6.07, 6.45) is 0. The molecule has 0 aliphatic heterocycles. The van der Waals surface area contributed by atoms with Crippen molar-refractivity contribution in [2.24, 2.45) is 0 Å². The van der Waals surface area contributed by atoms with Crippen molar-refractivity contribution < 1.29 is 21.6 Å². The van der Waals surface area contributed by atoms with Crippen molar-refractivity contribution in [3.63, 3.8) is 0 Å². The van der Waals surface area contributed by atoms with E-state index in [1.807, 2.05) is 6.07 Å². The van der Waals surface area contributed by atoms with Crippen LogP contribution < -0.4 is 9.04 Å². The van der Waals surface area contributed by atoms with E-state index in [1.54, 1.807) is 31.2 Å². The lowest BCUT2D eigenvalue weighted by Gasteiger charge is -2.19. The zero-order valence-corrected chi connectivity index (χ0v) is 15.8. The van der Waals surface area contributed by atoms with Crippen LogP contribution in [0.15, 0.2) is 59.5 Å². The summed E-state index contributed by atoms with van der Waals surface area (Å²) in [6.45, 7) is 1.62. The number of sulfone groups is 1. The van der Waals surface area contributed by atoms with Crippen LogP contribution in [0.2, 0.25) is 0 Å². The maximum Gasteiger partial charge on any atom is 0.264 e. The van der Waals surface area contributed by atoms with Crippen molar-refractivity contribution in [2.45, 2.75) is 11.8 Å². The van der Waals surface area contributed by atoms with Gasteiger partial charge in [0.2, 0.25) is 0 Å². The number of sulfonamides is 1. The lowest BCUT2D eigenvalue weighted by atomic mass is 10.3. The minimum atomic E-state index is -3.67. The molecule has 2 rings (SSSR count). The third-order valence-electron chi connectivity index (χ3n) is 3.70. The van der Waals surface area contributed by atoms with Crippen molar-refractivity contribution in [3.8, 4) is 5.75 Å². The Morgan fingerprint density at radius 1 is 0.920 bits per heavy atom. The molecule has 0 radical (unpaired) electrons. The predicted molar refractivity (Wildman–Crippen MR) is 98.3 cm³/mol. The molecule has 0 bridgehead atoms. The van der Waals surface area contributed by atoms with Crippen molar-refractivity contribution in [2.75, 3.05) is 29.5 Å². The molecule has 0 N–H and O–H groups in total. The Morgan fingerprint density at radius 2 is 1.52 bits per heavy atom. The van der Waals surface area contributed by atoms with Crippen LogP contribution in [0, 0.1) is 0 Å². The fourth-order valence-corrected chi connectivity index (χ4v) is 3.89. The molecule has 0 fully saturated rings. The summed E-state index contributed by atoms with van der Waals surface area (Å²) in [7, 11) is -5.27. The van der Waals surface area contributed by atoms with Crippen molar-refractivity contribution in [1.82, 2.24) is 0 Å². The van der Waals surface area contributed by atoms with Gasteiger partial charge in [0, 0.05) is 12.8 Å². The molecule has 0 aromatic heterocycles. The van der Waals surface area contributed by atoms with E-state index in [2.05, 4.69) is 0 Å². The van der Waals surface area contributed by atoms with Crippen molar-refractivity contribution in [1.29, 1.82) is 0 Å². The van der Waals surface area contributed by atoms with Gasteiger partial charge in [-0.3, -0.25) is 4.31 Å². The molecule has 0 saturated carbocycles. The van der Waals surface area contributed by atoms with Crippen LogP contribution >= 0.6 is 0 Å². The van der Waals surface area contributed by atoms with Crippen LogP contribution in [-0.2, 0) is 19.9 Å². The highest BCUT2D eigenvalue weighted by Gasteiger charge is 2.21. The summed E-state index contributed by atoms with van der Waals surface area (Å²) in [5.41, 5.74) is 0.563. The molecule has 0 aliphatic rings. The molecule has 6 nitrogen and oxygen atoms in total. The van der Waals surface area contributed by atoms with Gasteiger partial charge in [0.1, 0.15) is 12.4 Å². The summed E-state index contributed by atoms with van der Waals surface area (Å²) in [4.78, 5) is 0.132. The minimum absolute atomic E-state index is 0.0339. The molecule has 8 heteroatoms. The number of benzene rings is 2. The van der Waals surface area contributed by atoms with Crippen LogP contribution in [-0.4, -0.2) is 42.0 Å². The molecule has 0 heterocycles. The lowest BCUT2D eigenvalue weighted by Crippen LogP contribution is -2.26. The van der Waals surface area contributed by atoms with Crippen LogP contribution in [0.5, 0.6) is 5.75 Å². The Bertz CT molecular complexity index is 892. The van der Waals surface area contributed by atoms with Gasteiger partial charge in [0.25, 0.3) is 10.0 Å². The fraction of sp³-hybridized carbons (Fsp3) is 0.294. The first kappa shape index (κ1) is 19.3. The third-order valence-corrected chi connectivity index (χ3v) is 7.17. The third kappa shape index (κ3) is 4.96. The van der Waals surface area contributed by atoms with E-state index in [0.29, 0.717) is 11.4 Å². The smallest absolute Gasteiger partial charge is 0.264 e. The van der Waals surface area contributed by atoms with Gasteiger partial charge in [-0.1, -0.05) is 25.1 Å². The Labute approximate surface area is 149 Å². The first-order chi connectivity index (χ1) is 11.8. The first-order valence-electron chi connectivity index (χ1n) is 7.73. The summed E-state index contributed by atoms with van der Waals surface area (Å²) in [5, 5.41) is 0. The van der Waals surface area contributed by atoms with Gasteiger partial charge in [-0.2, -0.15) is 0 Å². The molecule has 0 amide bonds. The topological polar surface area (TPSA) is 80.8 Å². The molecule has 0 atom stereocenters. The van der Waals surface area contributed by atoms with Gasteiger partial charge in [0.15, 0.2) is 9.84 Å². The van der Waals surface area contributed by atoms with Crippen LogP contribution in [0.3, 0.4) is 0 Å². The zero-order chi connectivity index (χ0) is 18.5. The Balaban J connectivity index is 2.08. The standard InChI is InChI=1S/C17H21NO5S2/c1-3-24(19,20)14-13-23-16-9-11-17(12-10-16)25(21,22)18(2)15-7-5-4-6-8-15/h4-12H,3,13-14H2,1-2H3. The van der Waals surface area contributed by atoms with E-state index < -0.39 is 19.9 Å². The first-order valence-corrected chi connectivity index (χ1v) is 11.0. The second-order valence-electron chi connectivity index (χ2n) is 5.36. The van der Waals surface area contributed by atoms with E-state index >= 15 is 0 Å². The number of hydrogen-bond acceptors (Lipinski definition) is 5. The van der Waals surface area contributed by atoms with E-state index in [1.165, 1.54) is 35.6 Å². The second-order valence-corrected chi connectivity index (χ2v) is 9.81. The summed E-state index contributed by atoms with van der Waals surface area (Å²) >= 11 is 0.